The van der Waals surface area contributed by atoms with Crippen LogP contribution in [0.5, 0.6) is 0 Å². The summed E-state index contributed by atoms with van der Waals surface area (Å²) in [4.78, 5) is 36.4. The molecule has 0 aromatic heterocycles. The number of rotatable bonds is 3. The zero-order valence-electron chi connectivity index (χ0n) is 13.3. The van der Waals surface area contributed by atoms with Crippen LogP contribution in [-0.4, -0.2) is 17.6 Å². The molecule has 5 nitrogen and oxygen atoms in total. The third-order valence-corrected chi connectivity index (χ3v) is 4.39. The topological polar surface area (TPSA) is 89.3 Å². The molecule has 3 rings (SSSR count). The standard InChI is InChI=1S/C19H18N2O3/c1-11-5-4-8-15(17(11)18(20)23)21-19(24)14-9-10-16(22)13-7-3-2-6-12(13)14/h2-8,14H,9-10H2,1H3,(H2,20,23)(H,21,24). The smallest absolute Gasteiger partial charge is 0.251 e. The lowest BCUT2D eigenvalue weighted by molar-refractivity contribution is -0.117. The molecule has 122 valence electrons. The van der Waals surface area contributed by atoms with E-state index in [1.165, 1.54) is 0 Å². The van der Waals surface area contributed by atoms with E-state index in [2.05, 4.69) is 5.32 Å². The van der Waals surface area contributed by atoms with Gasteiger partial charge in [-0.2, -0.15) is 0 Å². The van der Waals surface area contributed by atoms with Gasteiger partial charge in [-0.1, -0.05) is 36.4 Å². The number of ketones is 1. The molecular formula is C19H18N2O3. The van der Waals surface area contributed by atoms with Crippen molar-refractivity contribution in [1.82, 2.24) is 0 Å². The number of nitrogens with one attached hydrogen (secondary N) is 1. The number of hydrogen-bond acceptors (Lipinski definition) is 3. The maximum Gasteiger partial charge on any atom is 0.251 e. The van der Waals surface area contributed by atoms with Crippen LogP contribution in [0.1, 0.15) is 50.6 Å². The van der Waals surface area contributed by atoms with Crippen molar-refractivity contribution in [3.05, 3.63) is 64.7 Å². The Morgan fingerprint density at radius 2 is 1.88 bits per heavy atom. The predicted molar refractivity (Wildman–Crippen MR) is 91.1 cm³/mol. The van der Waals surface area contributed by atoms with E-state index in [0.29, 0.717) is 35.2 Å². The fourth-order valence-electron chi connectivity index (χ4n) is 3.21. The van der Waals surface area contributed by atoms with Crippen LogP contribution in [-0.2, 0) is 4.79 Å². The Hall–Kier alpha value is -2.95. The van der Waals surface area contributed by atoms with Crippen molar-refractivity contribution in [2.45, 2.75) is 25.7 Å². The van der Waals surface area contributed by atoms with Gasteiger partial charge in [0.2, 0.25) is 5.91 Å². The molecular weight excluding hydrogens is 304 g/mol. The summed E-state index contributed by atoms with van der Waals surface area (Å²) in [6, 6.07) is 12.4. The molecule has 0 fully saturated rings. The summed E-state index contributed by atoms with van der Waals surface area (Å²) in [7, 11) is 0. The molecule has 2 aromatic carbocycles. The highest BCUT2D eigenvalue weighted by Crippen LogP contribution is 2.33. The van der Waals surface area contributed by atoms with Gasteiger partial charge in [-0.25, -0.2) is 0 Å². The average molecular weight is 322 g/mol. The zero-order chi connectivity index (χ0) is 17.3. The van der Waals surface area contributed by atoms with Gasteiger partial charge < -0.3 is 11.1 Å². The zero-order valence-corrected chi connectivity index (χ0v) is 13.3. The summed E-state index contributed by atoms with van der Waals surface area (Å²) in [6.07, 6.45) is 0.797. The summed E-state index contributed by atoms with van der Waals surface area (Å²) in [5, 5.41) is 2.81. The second-order valence-electron chi connectivity index (χ2n) is 5.95. The number of nitrogens with two attached hydrogens (primary N) is 1. The molecule has 0 aliphatic heterocycles. The van der Waals surface area contributed by atoms with Crippen LogP contribution in [0.3, 0.4) is 0 Å². The highest BCUT2D eigenvalue weighted by molar-refractivity contribution is 6.07. The van der Waals surface area contributed by atoms with Crippen LogP contribution in [0.2, 0.25) is 0 Å². The first-order chi connectivity index (χ1) is 11.5. The maximum absolute atomic E-state index is 12.7. The quantitative estimate of drug-likeness (QED) is 0.910. The Morgan fingerprint density at radius 3 is 2.62 bits per heavy atom. The first kappa shape index (κ1) is 15.9. The number of primary amides is 1. The number of amides is 2. The second-order valence-corrected chi connectivity index (χ2v) is 5.95. The van der Waals surface area contributed by atoms with Gasteiger partial charge in [0.05, 0.1) is 17.2 Å². The van der Waals surface area contributed by atoms with Gasteiger partial charge in [0, 0.05) is 12.0 Å². The second kappa shape index (κ2) is 6.28. The number of aryl methyl sites for hydroxylation is 1. The molecule has 0 saturated carbocycles. The third-order valence-electron chi connectivity index (χ3n) is 4.39. The summed E-state index contributed by atoms with van der Waals surface area (Å²) in [6.45, 7) is 1.77. The molecule has 24 heavy (non-hydrogen) atoms. The van der Waals surface area contributed by atoms with E-state index in [0.717, 1.165) is 5.56 Å². The van der Waals surface area contributed by atoms with Gasteiger partial charge in [0.15, 0.2) is 5.78 Å². The van der Waals surface area contributed by atoms with Crippen molar-refractivity contribution in [3.63, 3.8) is 0 Å². The van der Waals surface area contributed by atoms with E-state index in [1.807, 2.05) is 12.1 Å². The number of fused-ring (bicyclic) bond motifs is 1. The van der Waals surface area contributed by atoms with E-state index in [-0.39, 0.29) is 11.7 Å². The van der Waals surface area contributed by atoms with Crippen LogP contribution in [0.4, 0.5) is 5.69 Å². The molecule has 1 atom stereocenters. The Kier molecular flexibility index (Phi) is 4.16. The Balaban J connectivity index is 1.92. The number of anilines is 1. The largest absolute Gasteiger partial charge is 0.366 e. The first-order valence-electron chi connectivity index (χ1n) is 7.81. The predicted octanol–water partition coefficient (Wildman–Crippen LogP) is 2.79. The number of carbonyl (C=O) groups excluding carboxylic acids is 3. The Bertz CT molecular complexity index is 842. The van der Waals surface area contributed by atoms with Crippen molar-refractivity contribution in [2.75, 3.05) is 5.32 Å². The molecule has 0 spiro atoms. The molecule has 3 N–H and O–H groups in total. The summed E-state index contributed by atoms with van der Waals surface area (Å²) < 4.78 is 0. The lowest BCUT2D eigenvalue weighted by Gasteiger charge is -2.24. The van der Waals surface area contributed by atoms with Gasteiger partial charge >= 0.3 is 0 Å². The highest BCUT2D eigenvalue weighted by atomic mass is 16.2. The van der Waals surface area contributed by atoms with Crippen molar-refractivity contribution in [3.8, 4) is 0 Å². The van der Waals surface area contributed by atoms with Crippen LogP contribution in [0.25, 0.3) is 0 Å². The fourth-order valence-corrected chi connectivity index (χ4v) is 3.21. The minimum Gasteiger partial charge on any atom is -0.366 e. The Morgan fingerprint density at radius 1 is 1.12 bits per heavy atom. The number of Topliss-reactive ketones (excluding diaryl/α,β-unsaturated/α-hetero) is 1. The van der Waals surface area contributed by atoms with Crippen molar-refractivity contribution in [1.29, 1.82) is 0 Å². The van der Waals surface area contributed by atoms with Crippen molar-refractivity contribution < 1.29 is 14.4 Å². The van der Waals surface area contributed by atoms with E-state index in [4.69, 9.17) is 5.73 Å². The minimum atomic E-state index is -0.581. The summed E-state index contributed by atoms with van der Waals surface area (Å²) >= 11 is 0. The highest BCUT2D eigenvalue weighted by Gasteiger charge is 2.30. The number of hydrogen-bond donors (Lipinski definition) is 2. The van der Waals surface area contributed by atoms with Crippen LogP contribution in [0.15, 0.2) is 42.5 Å². The number of benzene rings is 2. The molecule has 1 aliphatic rings. The molecule has 1 unspecified atom stereocenters. The van der Waals surface area contributed by atoms with Crippen LogP contribution >= 0.6 is 0 Å². The van der Waals surface area contributed by atoms with Crippen molar-refractivity contribution >= 4 is 23.3 Å². The Labute approximate surface area is 139 Å². The molecule has 5 heteroatoms. The SMILES string of the molecule is Cc1cccc(NC(=O)C2CCC(=O)c3ccccc32)c1C(N)=O. The average Bonchev–Trinajstić information content (AvgIpc) is 2.55. The molecule has 0 radical (unpaired) electrons. The molecule has 2 aromatic rings. The normalized spacial score (nSPS) is 16.4. The first-order valence-corrected chi connectivity index (χ1v) is 7.81. The lowest BCUT2D eigenvalue weighted by Crippen LogP contribution is -2.28. The molecule has 0 saturated heterocycles. The molecule has 1 aliphatic carbocycles. The molecule has 0 heterocycles. The van der Waals surface area contributed by atoms with E-state index in [1.54, 1.807) is 37.3 Å². The van der Waals surface area contributed by atoms with Gasteiger partial charge in [-0.15, -0.1) is 0 Å². The van der Waals surface area contributed by atoms with Gasteiger partial charge in [0.1, 0.15) is 0 Å². The van der Waals surface area contributed by atoms with E-state index >= 15 is 0 Å². The lowest BCUT2D eigenvalue weighted by atomic mass is 9.81. The summed E-state index contributed by atoms with van der Waals surface area (Å²) in [5.74, 6) is -1.17. The minimum absolute atomic E-state index is 0.0584. The fraction of sp³-hybridized carbons (Fsp3) is 0.211. The van der Waals surface area contributed by atoms with Crippen LogP contribution in [0, 0.1) is 6.92 Å². The van der Waals surface area contributed by atoms with Gasteiger partial charge in [-0.3, -0.25) is 14.4 Å². The van der Waals surface area contributed by atoms with Crippen molar-refractivity contribution in [2.24, 2.45) is 5.73 Å². The molecule has 2 amide bonds. The monoisotopic (exact) mass is 322 g/mol. The van der Waals surface area contributed by atoms with Gasteiger partial charge in [-0.05, 0) is 30.5 Å². The summed E-state index contributed by atoms with van der Waals surface area (Å²) in [5.41, 5.74) is 8.19. The van der Waals surface area contributed by atoms with Gasteiger partial charge in [0.25, 0.3) is 5.91 Å². The maximum atomic E-state index is 12.7. The number of carbonyl (C=O) groups is 3. The van der Waals surface area contributed by atoms with Crippen LogP contribution < -0.4 is 11.1 Å². The third kappa shape index (κ3) is 2.80. The van der Waals surface area contributed by atoms with E-state index < -0.39 is 11.8 Å². The molecule has 0 bridgehead atoms. The van der Waals surface area contributed by atoms with E-state index in [9.17, 15) is 14.4 Å².